The van der Waals surface area contributed by atoms with E-state index in [1.54, 1.807) is 43.6 Å². The van der Waals surface area contributed by atoms with E-state index in [2.05, 4.69) is 48.2 Å². The fourth-order valence-corrected chi connectivity index (χ4v) is 11.4. The quantitative estimate of drug-likeness (QED) is 0.0790. The third kappa shape index (κ3) is 9.70. The second-order valence-corrected chi connectivity index (χ2v) is 20.3. The zero-order valence-electron chi connectivity index (χ0n) is 41.0. The zero-order chi connectivity index (χ0) is 50.4. The highest BCUT2D eigenvalue weighted by Gasteiger charge is 2.56. The van der Waals surface area contributed by atoms with E-state index in [9.17, 15) is 28.4 Å². The van der Waals surface area contributed by atoms with Crippen LogP contribution in [0.15, 0.2) is 103 Å². The van der Waals surface area contributed by atoms with Gasteiger partial charge in [-0.15, -0.1) is 0 Å². The van der Waals surface area contributed by atoms with Gasteiger partial charge in [0.1, 0.15) is 34.5 Å². The Hall–Kier alpha value is -7.37. The molecule has 17 heteroatoms. The normalized spacial score (nSPS) is 20.7. The van der Waals surface area contributed by atoms with Gasteiger partial charge >= 0.3 is 0 Å². The Labute approximate surface area is 423 Å². The zero-order valence-corrected chi connectivity index (χ0v) is 41.0. The molecule has 0 bridgehead atoms. The Kier molecular flexibility index (Phi) is 13.1. The van der Waals surface area contributed by atoms with Crippen LogP contribution in [-0.2, 0) is 14.4 Å². The van der Waals surface area contributed by atoms with Crippen molar-refractivity contribution in [1.29, 1.82) is 0 Å². The van der Waals surface area contributed by atoms with Gasteiger partial charge in [-0.2, -0.15) is 0 Å². The van der Waals surface area contributed by atoms with Crippen molar-refractivity contribution in [3.8, 4) is 17.2 Å². The first kappa shape index (κ1) is 47.9. The van der Waals surface area contributed by atoms with Crippen LogP contribution in [0.5, 0.6) is 17.2 Å². The van der Waals surface area contributed by atoms with Crippen molar-refractivity contribution >= 4 is 63.2 Å². The molecule has 5 fully saturated rings. The summed E-state index contributed by atoms with van der Waals surface area (Å²) in [4.78, 5) is 81.6. The van der Waals surface area contributed by atoms with Crippen LogP contribution in [0.2, 0.25) is 0 Å². The second-order valence-electron chi connectivity index (χ2n) is 20.3. The third-order valence-electron chi connectivity index (χ3n) is 15.8. The summed E-state index contributed by atoms with van der Waals surface area (Å²) in [5.74, 6) is 0.184. The van der Waals surface area contributed by atoms with Gasteiger partial charge in [-0.3, -0.25) is 38.8 Å². The number of methoxy groups -OCH3 is 1. The van der Waals surface area contributed by atoms with Crippen molar-refractivity contribution in [2.24, 2.45) is 11.3 Å². The van der Waals surface area contributed by atoms with Crippen LogP contribution in [0.1, 0.15) is 72.1 Å². The summed E-state index contributed by atoms with van der Waals surface area (Å²) < 4.78 is 25.7. The molecule has 16 nitrogen and oxygen atoms in total. The molecule has 4 saturated heterocycles. The highest BCUT2D eigenvalue weighted by atomic mass is 19.1. The molecule has 5 amide bonds. The number of pyridine rings is 1. The third-order valence-corrected chi connectivity index (χ3v) is 15.8. The van der Waals surface area contributed by atoms with Gasteiger partial charge in [0, 0.05) is 86.2 Å². The molecule has 11 rings (SSSR count). The maximum atomic E-state index is 13.5. The van der Waals surface area contributed by atoms with Crippen molar-refractivity contribution < 1.29 is 37.8 Å². The molecular formula is C56H60FN9O7. The minimum Gasteiger partial charge on any atom is -0.495 e. The number of amides is 5. The summed E-state index contributed by atoms with van der Waals surface area (Å²) in [7, 11) is 1.69. The number of fused-ring (bicyclic) bond motifs is 2. The van der Waals surface area contributed by atoms with Crippen molar-refractivity contribution in [1.82, 2.24) is 25.0 Å². The molecule has 73 heavy (non-hydrogen) atoms. The summed E-state index contributed by atoms with van der Waals surface area (Å²) >= 11 is 0. The van der Waals surface area contributed by atoms with Crippen LogP contribution in [0.3, 0.4) is 0 Å². The highest BCUT2D eigenvalue weighted by molar-refractivity contribution is 6.23. The van der Waals surface area contributed by atoms with Gasteiger partial charge in [-0.25, -0.2) is 4.39 Å². The van der Waals surface area contributed by atoms with Gasteiger partial charge in [0.05, 0.1) is 29.4 Å². The van der Waals surface area contributed by atoms with Gasteiger partial charge in [0.25, 0.3) is 11.8 Å². The monoisotopic (exact) mass is 989 g/mol. The Morgan fingerprint density at radius 2 is 1.42 bits per heavy atom. The first-order valence-electron chi connectivity index (χ1n) is 25.5. The molecule has 0 spiro atoms. The Balaban J connectivity index is 0.635. The van der Waals surface area contributed by atoms with Gasteiger partial charge in [0.2, 0.25) is 17.7 Å². The largest absolute Gasteiger partial charge is 0.495 e. The lowest BCUT2D eigenvalue weighted by Crippen LogP contribution is -2.53. The van der Waals surface area contributed by atoms with E-state index < -0.39 is 35.0 Å². The lowest BCUT2D eigenvalue weighted by Gasteiger charge is -2.44. The lowest BCUT2D eigenvalue weighted by molar-refractivity contribution is -0.131. The predicted molar refractivity (Wildman–Crippen MR) is 276 cm³/mol. The molecule has 3 N–H and O–H groups in total. The fraction of sp³-hybridized carbons (Fsp3) is 0.393. The SMILES string of the molecule is C=C1CCC(N2C(=O)c3ccc(N4CCN(C5CCN(CC6CCN(c7cc8nccc(Oc9ccc(NC(=O)C%10(C(=O)Nc%11ccc(F)cc%11)CC%10)cc9)c8cc7OC)CC6)CC5)CC4)cc3C2=O)C(=O)N1. The van der Waals surface area contributed by atoms with Crippen LogP contribution in [0, 0.1) is 17.2 Å². The number of hydrogen-bond donors (Lipinski definition) is 3. The van der Waals surface area contributed by atoms with Crippen LogP contribution in [-0.4, -0.2) is 127 Å². The van der Waals surface area contributed by atoms with E-state index in [1.807, 2.05) is 24.3 Å². The number of nitrogens with zero attached hydrogens (tertiary/aromatic N) is 6. The fourth-order valence-electron chi connectivity index (χ4n) is 11.4. The van der Waals surface area contributed by atoms with Gasteiger partial charge < -0.3 is 40.1 Å². The number of ether oxygens (including phenoxy) is 2. The molecule has 6 heterocycles. The average molecular weight is 990 g/mol. The number of nitrogens with one attached hydrogen (secondary N) is 3. The van der Waals surface area contributed by atoms with E-state index in [1.165, 1.54) is 24.3 Å². The molecular weight excluding hydrogens is 930 g/mol. The standard InChI is InChI=1S/C56H60FN9O7/c1-35-3-14-47(51(67)59-35)66-52(68)43-13-10-41(31-44(43)53(66)69)64-29-27-63(28-30-64)40-18-23-62(24-19-40)34-36-16-25-65(26-17-36)48-33-46-45(32-50(48)72-2)49(15-22-58-46)73-42-11-8-39(9-12-42)61-55(71)56(20-21-56)54(70)60-38-6-4-37(57)5-7-38/h4-13,15,22,31-33,36,40,47H,1,3,14,16-21,23-30,34H2,2H3,(H,59,67)(H,60,70)(H,61,71). The van der Waals surface area contributed by atoms with Crippen molar-refractivity contribution in [3.63, 3.8) is 0 Å². The van der Waals surface area contributed by atoms with Gasteiger partial charge in [-0.1, -0.05) is 6.58 Å². The predicted octanol–water partition coefficient (Wildman–Crippen LogP) is 7.42. The Morgan fingerprint density at radius 3 is 2.08 bits per heavy atom. The number of imide groups is 1. The highest BCUT2D eigenvalue weighted by Crippen LogP contribution is 2.48. The number of allylic oxidation sites excluding steroid dienone is 1. The molecule has 1 saturated carbocycles. The van der Waals surface area contributed by atoms with Gasteiger partial charge in [-0.05, 0) is 155 Å². The molecule has 4 aromatic carbocycles. The number of benzene rings is 4. The van der Waals surface area contributed by atoms with E-state index in [-0.39, 0.29) is 11.8 Å². The number of carbonyl (C=O) groups is 5. The van der Waals surface area contributed by atoms with Crippen LogP contribution in [0.25, 0.3) is 10.9 Å². The minimum absolute atomic E-state index is 0.356. The number of halogens is 1. The average Bonchev–Trinajstić information content (AvgIpc) is 4.19. The molecule has 378 valence electrons. The molecule has 5 aromatic rings. The van der Waals surface area contributed by atoms with Gasteiger partial charge in [0.15, 0.2) is 0 Å². The summed E-state index contributed by atoms with van der Waals surface area (Å²) in [6.07, 6.45) is 7.98. The molecule has 1 atom stereocenters. The maximum Gasteiger partial charge on any atom is 0.262 e. The van der Waals surface area contributed by atoms with E-state index in [0.717, 1.165) is 118 Å². The first-order valence-corrected chi connectivity index (χ1v) is 25.5. The summed E-state index contributed by atoms with van der Waals surface area (Å²) in [5.41, 5.74) is 3.88. The molecule has 6 aliphatic rings. The van der Waals surface area contributed by atoms with Crippen molar-refractivity contribution in [2.45, 2.75) is 63.5 Å². The number of anilines is 4. The smallest absolute Gasteiger partial charge is 0.262 e. The van der Waals surface area contributed by atoms with E-state index in [0.29, 0.717) is 77.3 Å². The molecule has 1 aromatic heterocycles. The first-order chi connectivity index (χ1) is 35.4. The van der Waals surface area contributed by atoms with Crippen LogP contribution >= 0.6 is 0 Å². The maximum absolute atomic E-state index is 13.5. The van der Waals surface area contributed by atoms with E-state index >= 15 is 0 Å². The molecule has 0 radical (unpaired) electrons. The van der Waals surface area contributed by atoms with Crippen molar-refractivity contribution in [2.75, 3.05) is 86.4 Å². The molecule has 1 aliphatic carbocycles. The Bertz CT molecular complexity index is 2980. The van der Waals surface area contributed by atoms with E-state index in [4.69, 9.17) is 14.5 Å². The molecule has 5 aliphatic heterocycles. The number of hydrogen-bond acceptors (Lipinski definition) is 12. The number of piperidine rings is 3. The second kappa shape index (κ2) is 19.9. The number of carbonyl (C=O) groups excluding carboxylic acids is 5. The minimum atomic E-state index is -1.17. The summed E-state index contributed by atoms with van der Waals surface area (Å²) in [6, 6.07) is 23.6. The van der Waals surface area contributed by atoms with Crippen LogP contribution < -0.4 is 35.2 Å². The molecule has 1 unspecified atom stereocenters. The summed E-state index contributed by atoms with van der Waals surface area (Å²) in [5, 5.41) is 9.12. The topological polar surface area (TPSA) is 169 Å². The van der Waals surface area contributed by atoms with Crippen molar-refractivity contribution in [3.05, 3.63) is 120 Å². The number of piperazine rings is 1. The number of likely N-dealkylation sites (tertiary alicyclic amines) is 1. The lowest BCUT2D eigenvalue weighted by atomic mass is 9.94. The number of aromatic nitrogens is 1. The Morgan fingerprint density at radius 1 is 0.753 bits per heavy atom. The van der Waals surface area contributed by atoms with Crippen LogP contribution in [0.4, 0.5) is 27.1 Å². The summed E-state index contributed by atoms with van der Waals surface area (Å²) in [6.45, 7) is 12.5. The number of rotatable bonds is 13.